The lowest BCUT2D eigenvalue weighted by molar-refractivity contribution is -0.121. The van der Waals surface area contributed by atoms with Gasteiger partial charge in [0.25, 0.3) is 5.91 Å². The zero-order chi connectivity index (χ0) is 18.7. The van der Waals surface area contributed by atoms with E-state index in [4.69, 9.17) is 26.1 Å². The minimum Gasteiger partial charge on any atom is -0.493 e. The van der Waals surface area contributed by atoms with Gasteiger partial charge in [0, 0.05) is 6.54 Å². The number of thioether (sulfide) groups is 1. The van der Waals surface area contributed by atoms with Gasteiger partial charge in [0.05, 0.1) is 18.3 Å². The summed E-state index contributed by atoms with van der Waals surface area (Å²) in [5.74, 6) is -0.0178. The highest BCUT2D eigenvalue weighted by Gasteiger charge is 2.30. The molecule has 0 bridgehead atoms. The number of hydrogen-bond donors (Lipinski definition) is 0. The first-order chi connectivity index (χ1) is 12.5. The van der Waals surface area contributed by atoms with E-state index >= 15 is 0 Å². The molecular weight excluding hydrogens is 374 g/mol. The first-order valence-corrected chi connectivity index (χ1v) is 8.95. The summed E-state index contributed by atoms with van der Waals surface area (Å²) in [6, 6.07) is 8.13. The summed E-state index contributed by atoms with van der Waals surface area (Å²) >= 11 is 6.46. The Bertz CT molecular complexity index is 889. The molecule has 1 aromatic heterocycles. The Hall–Kier alpha value is -2.58. The van der Waals surface area contributed by atoms with Crippen molar-refractivity contribution in [2.45, 2.75) is 6.92 Å². The molecule has 6 nitrogen and oxygen atoms in total. The van der Waals surface area contributed by atoms with Gasteiger partial charge in [0.1, 0.15) is 4.32 Å². The molecule has 134 valence electrons. The smallest absolute Gasteiger partial charge is 0.379 e. The number of amides is 1. The fraction of sp³-hybridized carbons (Fsp3) is 0.167. The third kappa shape index (κ3) is 3.66. The van der Waals surface area contributed by atoms with Crippen LogP contribution in [0.5, 0.6) is 11.5 Å². The quantitative estimate of drug-likeness (QED) is 0.334. The van der Waals surface area contributed by atoms with Crippen LogP contribution in [-0.2, 0) is 4.79 Å². The zero-order valence-electron chi connectivity index (χ0n) is 14.1. The lowest BCUT2D eigenvalue weighted by atomic mass is 10.2. The van der Waals surface area contributed by atoms with Crippen LogP contribution in [0, 0.1) is 0 Å². The molecule has 26 heavy (non-hydrogen) atoms. The average molecular weight is 389 g/mol. The van der Waals surface area contributed by atoms with Gasteiger partial charge in [-0.3, -0.25) is 9.69 Å². The molecule has 0 N–H and O–H groups in total. The van der Waals surface area contributed by atoms with Crippen molar-refractivity contribution in [3.8, 4) is 11.5 Å². The van der Waals surface area contributed by atoms with Crippen molar-refractivity contribution >= 4 is 46.3 Å². The number of ether oxygens (including phenoxy) is 2. The topological polar surface area (TPSA) is 69.0 Å². The van der Waals surface area contributed by atoms with Crippen LogP contribution in [-0.4, -0.2) is 34.8 Å². The van der Waals surface area contributed by atoms with Crippen LogP contribution < -0.4 is 9.47 Å². The molecule has 0 spiro atoms. The second-order valence-corrected chi connectivity index (χ2v) is 6.88. The van der Waals surface area contributed by atoms with E-state index in [-0.39, 0.29) is 17.4 Å². The number of methoxy groups -OCH3 is 1. The largest absolute Gasteiger partial charge is 0.493 e. The molecule has 0 aliphatic carbocycles. The van der Waals surface area contributed by atoms with Crippen LogP contribution in [0.15, 0.2) is 45.9 Å². The van der Waals surface area contributed by atoms with Crippen molar-refractivity contribution in [3.05, 3.63) is 52.8 Å². The Balaban J connectivity index is 1.83. The van der Waals surface area contributed by atoms with E-state index in [1.165, 1.54) is 31.2 Å². The normalized spacial score (nSPS) is 15.6. The highest BCUT2D eigenvalue weighted by atomic mass is 32.2. The zero-order valence-corrected chi connectivity index (χ0v) is 15.7. The number of hydrogen-bond acceptors (Lipinski definition) is 7. The van der Waals surface area contributed by atoms with Crippen LogP contribution in [0.2, 0.25) is 0 Å². The maximum Gasteiger partial charge on any atom is 0.379 e. The fourth-order valence-electron chi connectivity index (χ4n) is 2.33. The summed E-state index contributed by atoms with van der Waals surface area (Å²) in [7, 11) is 1.47. The molecule has 1 aromatic carbocycles. The Morgan fingerprint density at radius 3 is 2.77 bits per heavy atom. The van der Waals surface area contributed by atoms with Crippen LogP contribution in [0.3, 0.4) is 0 Å². The van der Waals surface area contributed by atoms with E-state index in [2.05, 4.69) is 0 Å². The summed E-state index contributed by atoms with van der Waals surface area (Å²) < 4.78 is 16.1. The van der Waals surface area contributed by atoms with Gasteiger partial charge >= 0.3 is 5.97 Å². The summed E-state index contributed by atoms with van der Waals surface area (Å²) in [4.78, 5) is 26.4. The third-order valence-corrected chi connectivity index (χ3v) is 4.98. The van der Waals surface area contributed by atoms with Gasteiger partial charge in [-0.2, -0.15) is 0 Å². The van der Waals surface area contributed by atoms with Gasteiger partial charge < -0.3 is 13.9 Å². The Morgan fingerprint density at radius 1 is 1.35 bits per heavy atom. The van der Waals surface area contributed by atoms with E-state index < -0.39 is 5.97 Å². The maximum absolute atomic E-state index is 12.3. The minimum absolute atomic E-state index is 0.0966. The van der Waals surface area contributed by atoms with Crippen molar-refractivity contribution in [1.29, 1.82) is 0 Å². The van der Waals surface area contributed by atoms with Gasteiger partial charge in [-0.05, 0) is 42.8 Å². The molecule has 0 atom stereocenters. The predicted octanol–water partition coefficient (Wildman–Crippen LogP) is 3.73. The highest BCUT2D eigenvalue weighted by molar-refractivity contribution is 8.26. The molecule has 2 heterocycles. The summed E-state index contributed by atoms with van der Waals surface area (Å²) in [5.41, 5.74) is 0.733. The standard InChI is InChI=1S/C18H15NO5S2/c1-3-19-16(20)15(26-18(19)25)10-11-6-7-12(14(9-11)22-2)24-17(21)13-5-4-8-23-13/h4-10H,3H2,1-2H3/b15-10-. The number of esters is 1. The molecular formula is C18H15NO5S2. The molecule has 1 fully saturated rings. The SMILES string of the molecule is CCN1C(=O)/C(=C/c2ccc(OC(=O)c3ccco3)c(OC)c2)SC1=S. The molecule has 1 amide bonds. The van der Waals surface area contributed by atoms with Crippen molar-refractivity contribution in [2.24, 2.45) is 0 Å². The van der Waals surface area contributed by atoms with Gasteiger partial charge in [0.15, 0.2) is 11.5 Å². The molecule has 1 aliphatic rings. The summed E-state index contributed by atoms with van der Waals surface area (Å²) in [6.45, 7) is 2.41. The number of nitrogens with zero attached hydrogens (tertiary/aromatic N) is 1. The molecule has 2 aromatic rings. The van der Waals surface area contributed by atoms with Crippen LogP contribution in [0.4, 0.5) is 0 Å². The van der Waals surface area contributed by atoms with Crippen LogP contribution in [0.1, 0.15) is 23.0 Å². The number of thiocarbonyl (C=S) groups is 1. The van der Waals surface area contributed by atoms with E-state index in [1.807, 2.05) is 6.92 Å². The van der Waals surface area contributed by atoms with Crippen molar-refractivity contribution in [2.75, 3.05) is 13.7 Å². The maximum atomic E-state index is 12.3. The molecule has 1 saturated heterocycles. The van der Waals surface area contributed by atoms with E-state index in [0.717, 1.165) is 5.56 Å². The number of rotatable bonds is 5. The second kappa shape index (κ2) is 7.76. The summed E-state index contributed by atoms with van der Waals surface area (Å²) in [5, 5.41) is 0. The van der Waals surface area contributed by atoms with Gasteiger partial charge in [-0.25, -0.2) is 4.79 Å². The van der Waals surface area contributed by atoms with Crippen molar-refractivity contribution in [1.82, 2.24) is 4.90 Å². The first kappa shape index (κ1) is 18.2. The predicted molar refractivity (Wildman–Crippen MR) is 102 cm³/mol. The second-order valence-electron chi connectivity index (χ2n) is 5.20. The Morgan fingerprint density at radius 2 is 2.15 bits per heavy atom. The average Bonchev–Trinajstić information content (AvgIpc) is 3.25. The third-order valence-electron chi connectivity index (χ3n) is 3.60. The Kier molecular flexibility index (Phi) is 5.43. The number of benzene rings is 1. The summed E-state index contributed by atoms with van der Waals surface area (Å²) in [6.07, 6.45) is 3.12. The molecule has 0 radical (unpaired) electrons. The molecule has 8 heteroatoms. The van der Waals surface area contributed by atoms with Crippen LogP contribution >= 0.6 is 24.0 Å². The number of likely N-dealkylation sites (N-methyl/N-ethyl adjacent to an activating group) is 1. The highest BCUT2D eigenvalue weighted by Crippen LogP contribution is 2.34. The lowest BCUT2D eigenvalue weighted by Gasteiger charge is -2.10. The van der Waals surface area contributed by atoms with Crippen molar-refractivity contribution in [3.63, 3.8) is 0 Å². The molecule has 3 rings (SSSR count). The van der Waals surface area contributed by atoms with Crippen molar-refractivity contribution < 1.29 is 23.5 Å². The molecule has 0 unspecified atom stereocenters. The van der Waals surface area contributed by atoms with Gasteiger partial charge in [0.2, 0.25) is 5.76 Å². The van der Waals surface area contributed by atoms with Gasteiger partial charge in [-0.1, -0.05) is 30.0 Å². The first-order valence-electron chi connectivity index (χ1n) is 7.72. The van der Waals surface area contributed by atoms with Crippen LogP contribution in [0.25, 0.3) is 6.08 Å². The molecule has 1 aliphatic heterocycles. The molecule has 0 saturated carbocycles. The number of carbonyl (C=O) groups excluding carboxylic acids is 2. The number of furan rings is 1. The lowest BCUT2D eigenvalue weighted by Crippen LogP contribution is -2.27. The van der Waals surface area contributed by atoms with E-state index in [0.29, 0.717) is 21.5 Å². The number of carbonyl (C=O) groups is 2. The Labute approximate surface area is 159 Å². The van der Waals surface area contributed by atoms with Gasteiger partial charge in [-0.15, -0.1) is 0 Å². The van der Waals surface area contributed by atoms with E-state index in [1.54, 1.807) is 35.2 Å². The monoisotopic (exact) mass is 389 g/mol. The van der Waals surface area contributed by atoms with E-state index in [9.17, 15) is 9.59 Å². The fourth-order valence-corrected chi connectivity index (χ4v) is 3.71. The minimum atomic E-state index is -0.620.